The van der Waals surface area contributed by atoms with E-state index in [-0.39, 0.29) is 0 Å². The highest BCUT2D eigenvalue weighted by Gasteiger charge is 2.43. The Morgan fingerprint density at radius 2 is 2.30 bits per heavy atom. The summed E-state index contributed by atoms with van der Waals surface area (Å²) in [5.74, 6) is -0.173. The summed E-state index contributed by atoms with van der Waals surface area (Å²) in [6.07, 6.45) is 5.10. The fourth-order valence-electron chi connectivity index (χ4n) is 3.42. The van der Waals surface area contributed by atoms with Crippen LogP contribution in [0.5, 0.6) is 0 Å². The van der Waals surface area contributed by atoms with Crippen molar-refractivity contribution in [1.82, 2.24) is 9.78 Å². The molecule has 1 aliphatic rings. The van der Waals surface area contributed by atoms with Gasteiger partial charge in [0.1, 0.15) is 0 Å². The van der Waals surface area contributed by atoms with E-state index in [2.05, 4.69) is 34.9 Å². The second-order valence-electron chi connectivity index (χ2n) is 6.15. The van der Waals surface area contributed by atoms with E-state index in [4.69, 9.17) is 0 Å². The highest BCUT2D eigenvalue weighted by atomic mass is 79.9. The third-order valence-electron chi connectivity index (χ3n) is 4.55. The molecule has 4 nitrogen and oxygen atoms in total. The summed E-state index contributed by atoms with van der Waals surface area (Å²) in [6.45, 7) is 4.22. The molecule has 2 atom stereocenters. The third kappa shape index (κ3) is 2.78. The summed E-state index contributed by atoms with van der Waals surface area (Å²) in [5.41, 5.74) is 1.39. The summed E-state index contributed by atoms with van der Waals surface area (Å²) < 4.78 is 2.83. The lowest BCUT2D eigenvalue weighted by Gasteiger charge is -2.36. The van der Waals surface area contributed by atoms with Gasteiger partial charge in [-0.3, -0.25) is 9.48 Å². The maximum Gasteiger partial charge on any atom is 0.310 e. The zero-order valence-corrected chi connectivity index (χ0v) is 14.0. The second-order valence-corrected chi connectivity index (χ2v) is 6.94. The van der Waals surface area contributed by atoms with Crippen LogP contribution < -0.4 is 0 Å². The summed E-state index contributed by atoms with van der Waals surface area (Å²) in [7, 11) is 1.90. The van der Waals surface area contributed by atoms with E-state index < -0.39 is 11.4 Å². The molecule has 1 heterocycles. The van der Waals surface area contributed by atoms with Crippen molar-refractivity contribution < 1.29 is 9.90 Å². The third-order valence-corrected chi connectivity index (χ3v) is 5.47. The molecule has 112 valence electrons. The number of rotatable bonds is 4. The molecule has 0 radical (unpaired) electrons. The molecule has 1 N–H and O–H groups in total. The molecule has 2 unspecified atom stereocenters. The smallest absolute Gasteiger partial charge is 0.310 e. The van der Waals surface area contributed by atoms with Gasteiger partial charge >= 0.3 is 5.97 Å². The largest absolute Gasteiger partial charge is 0.481 e. The first-order valence-corrected chi connectivity index (χ1v) is 8.12. The Hall–Kier alpha value is -0.840. The van der Waals surface area contributed by atoms with E-state index in [9.17, 15) is 9.90 Å². The van der Waals surface area contributed by atoms with Gasteiger partial charge in [0.2, 0.25) is 0 Å². The number of carboxylic acid groups (broad SMARTS) is 1. The monoisotopic (exact) mass is 342 g/mol. The van der Waals surface area contributed by atoms with Gasteiger partial charge in [-0.15, -0.1) is 0 Å². The van der Waals surface area contributed by atoms with Crippen molar-refractivity contribution >= 4 is 21.9 Å². The Kier molecular flexibility index (Phi) is 4.57. The number of hydrogen-bond donors (Lipinski definition) is 1. The van der Waals surface area contributed by atoms with Gasteiger partial charge in [0.15, 0.2) is 0 Å². The van der Waals surface area contributed by atoms with Gasteiger partial charge in [-0.05, 0) is 41.1 Å². The van der Waals surface area contributed by atoms with E-state index in [1.165, 1.54) is 0 Å². The van der Waals surface area contributed by atoms with Crippen LogP contribution in [0.4, 0.5) is 0 Å². The molecule has 0 aromatic carbocycles. The average Bonchev–Trinajstić information content (AvgIpc) is 2.66. The molecule has 5 heteroatoms. The molecular formula is C15H23BrN2O2. The summed E-state index contributed by atoms with van der Waals surface area (Å²) in [4.78, 5) is 11.9. The van der Waals surface area contributed by atoms with E-state index in [1.54, 1.807) is 0 Å². The van der Waals surface area contributed by atoms with Crippen molar-refractivity contribution in [3.63, 3.8) is 0 Å². The SMILES string of the molecule is CCc1nn(C)c(CC2(C(=O)O)CCCC(C)C2)c1Br. The molecule has 0 amide bonds. The summed E-state index contributed by atoms with van der Waals surface area (Å²) in [5, 5.41) is 14.2. The van der Waals surface area contributed by atoms with Crippen molar-refractivity contribution in [1.29, 1.82) is 0 Å². The predicted octanol–water partition coefficient (Wildman–Crippen LogP) is 3.57. The molecule has 20 heavy (non-hydrogen) atoms. The lowest BCUT2D eigenvalue weighted by Crippen LogP contribution is -2.38. The Morgan fingerprint density at radius 1 is 1.60 bits per heavy atom. The lowest BCUT2D eigenvalue weighted by atomic mass is 9.67. The van der Waals surface area contributed by atoms with Crippen LogP contribution in [0.1, 0.15) is 50.9 Å². The summed E-state index contributed by atoms with van der Waals surface area (Å²) >= 11 is 3.60. The predicted molar refractivity (Wildman–Crippen MR) is 81.7 cm³/mol. The number of aliphatic carboxylic acids is 1. The molecule has 1 fully saturated rings. The van der Waals surface area contributed by atoms with Gasteiger partial charge in [-0.2, -0.15) is 5.10 Å². The quantitative estimate of drug-likeness (QED) is 0.909. The van der Waals surface area contributed by atoms with Crippen LogP contribution in [0, 0.1) is 11.3 Å². The zero-order chi connectivity index (χ0) is 14.9. The number of halogens is 1. The molecule has 0 bridgehead atoms. The van der Waals surface area contributed by atoms with Crippen LogP contribution >= 0.6 is 15.9 Å². The fraction of sp³-hybridized carbons (Fsp3) is 0.733. The highest BCUT2D eigenvalue weighted by Crippen LogP contribution is 2.43. The van der Waals surface area contributed by atoms with Crippen molar-refractivity contribution in [2.24, 2.45) is 18.4 Å². The number of carboxylic acids is 1. The molecule has 0 saturated heterocycles. The maximum absolute atomic E-state index is 11.9. The Labute approximate surface area is 128 Å². The van der Waals surface area contributed by atoms with Crippen molar-refractivity contribution in [2.75, 3.05) is 0 Å². The molecule has 1 saturated carbocycles. The van der Waals surface area contributed by atoms with Crippen LogP contribution in [-0.4, -0.2) is 20.9 Å². The van der Waals surface area contributed by atoms with Gasteiger partial charge in [0.05, 0.1) is 21.3 Å². The average molecular weight is 343 g/mol. The molecule has 2 rings (SSSR count). The first-order valence-electron chi connectivity index (χ1n) is 7.33. The molecular weight excluding hydrogens is 320 g/mol. The van der Waals surface area contributed by atoms with Crippen LogP contribution in [-0.2, 0) is 24.7 Å². The van der Waals surface area contributed by atoms with Crippen molar-refractivity contribution in [3.8, 4) is 0 Å². The van der Waals surface area contributed by atoms with E-state index >= 15 is 0 Å². The summed E-state index contributed by atoms with van der Waals surface area (Å²) in [6, 6.07) is 0. The Bertz CT molecular complexity index is 512. The van der Waals surface area contributed by atoms with E-state index in [0.29, 0.717) is 12.3 Å². The normalized spacial score (nSPS) is 26.7. The number of nitrogens with zero attached hydrogens (tertiary/aromatic N) is 2. The van der Waals surface area contributed by atoms with Crippen molar-refractivity contribution in [2.45, 2.75) is 52.4 Å². The minimum absolute atomic E-state index is 0.484. The van der Waals surface area contributed by atoms with Gasteiger partial charge in [-0.25, -0.2) is 0 Å². The first kappa shape index (κ1) is 15.5. The topological polar surface area (TPSA) is 55.1 Å². The van der Waals surface area contributed by atoms with Crippen molar-refractivity contribution in [3.05, 3.63) is 15.9 Å². The highest BCUT2D eigenvalue weighted by molar-refractivity contribution is 9.10. The zero-order valence-electron chi connectivity index (χ0n) is 12.4. The first-order chi connectivity index (χ1) is 9.39. The number of aryl methyl sites for hydroxylation is 2. The van der Waals surface area contributed by atoms with Crippen LogP contribution in [0.2, 0.25) is 0 Å². The van der Waals surface area contributed by atoms with Gasteiger partial charge in [0.25, 0.3) is 0 Å². The second kappa shape index (κ2) is 5.88. The Morgan fingerprint density at radius 3 is 2.80 bits per heavy atom. The van der Waals surface area contributed by atoms with E-state index in [1.807, 2.05) is 11.7 Å². The molecule has 1 aliphatic carbocycles. The van der Waals surface area contributed by atoms with Crippen LogP contribution in [0.25, 0.3) is 0 Å². The number of hydrogen-bond acceptors (Lipinski definition) is 2. The van der Waals surface area contributed by atoms with Crippen LogP contribution in [0.15, 0.2) is 4.47 Å². The minimum atomic E-state index is -0.657. The van der Waals surface area contributed by atoms with Gasteiger partial charge in [0, 0.05) is 13.5 Å². The Balaban J connectivity index is 2.34. The number of aromatic nitrogens is 2. The standard InChI is InChI=1S/C15H23BrN2O2/c1-4-11-13(16)12(18(3)17-11)9-15(14(19)20)7-5-6-10(2)8-15/h10H,4-9H2,1-3H3,(H,19,20). The molecule has 0 aliphatic heterocycles. The molecule has 1 aromatic heterocycles. The molecule has 1 aromatic rings. The maximum atomic E-state index is 11.9. The number of carbonyl (C=O) groups is 1. The minimum Gasteiger partial charge on any atom is -0.481 e. The van der Waals surface area contributed by atoms with Crippen LogP contribution in [0.3, 0.4) is 0 Å². The van der Waals surface area contributed by atoms with Gasteiger partial charge < -0.3 is 5.11 Å². The van der Waals surface area contributed by atoms with E-state index in [0.717, 1.165) is 48.0 Å². The van der Waals surface area contributed by atoms with Gasteiger partial charge in [-0.1, -0.05) is 26.7 Å². The fourth-order valence-corrected chi connectivity index (χ4v) is 4.18. The lowest BCUT2D eigenvalue weighted by molar-refractivity contribution is -0.152. The molecule has 0 spiro atoms.